The summed E-state index contributed by atoms with van der Waals surface area (Å²) in [6.45, 7) is 3.69. The van der Waals surface area contributed by atoms with Crippen molar-refractivity contribution in [3.05, 3.63) is 34.8 Å². The van der Waals surface area contributed by atoms with E-state index in [1.807, 2.05) is 6.92 Å². The van der Waals surface area contributed by atoms with Gasteiger partial charge in [0.15, 0.2) is 0 Å². The molecule has 5 nitrogen and oxygen atoms in total. The molecule has 0 saturated carbocycles. The van der Waals surface area contributed by atoms with E-state index in [1.54, 1.807) is 0 Å². The van der Waals surface area contributed by atoms with Crippen LogP contribution in [0.15, 0.2) is 28.2 Å². The molecule has 0 amide bonds. The normalized spacial score (nSPS) is 18.3. The molecule has 8 heteroatoms. The molecule has 1 saturated heterocycles. The first-order chi connectivity index (χ1) is 9.86. The number of nitrogens with zero attached hydrogens (tertiary/aromatic N) is 2. The van der Waals surface area contributed by atoms with Crippen molar-refractivity contribution in [3.8, 4) is 5.75 Å². The molecule has 21 heavy (non-hydrogen) atoms. The van der Waals surface area contributed by atoms with Crippen LogP contribution in [0.5, 0.6) is 5.75 Å². The summed E-state index contributed by atoms with van der Waals surface area (Å²) >= 11 is 8.66. The first-order valence-electron chi connectivity index (χ1n) is 6.08. The minimum Gasteiger partial charge on any atom is -0.476 e. The van der Waals surface area contributed by atoms with Gasteiger partial charge in [0, 0.05) is 16.5 Å². The zero-order valence-electron chi connectivity index (χ0n) is 11.2. The Hall–Kier alpha value is -1.18. The summed E-state index contributed by atoms with van der Waals surface area (Å²) < 4.78 is 23.7. The Labute approximate surface area is 135 Å². The van der Waals surface area contributed by atoms with Gasteiger partial charge in [-0.05, 0) is 16.9 Å². The fourth-order valence-corrected chi connectivity index (χ4v) is 2.03. The van der Waals surface area contributed by atoms with Crippen molar-refractivity contribution in [1.82, 2.24) is 0 Å². The van der Waals surface area contributed by atoms with E-state index in [0.29, 0.717) is 19.8 Å². The topological polar surface area (TPSA) is 67.0 Å². The van der Waals surface area contributed by atoms with E-state index in [4.69, 9.17) is 26.8 Å². The highest BCUT2D eigenvalue weighted by atomic mass is 79.9. The maximum absolute atomic E-state index is 13.3. The molecule has 2 rings (SSSR count). The van der Waals surface area contributed by atoms with Crippen molar-refractivity contribution >= 4 is 38.3 Å². The number of aliphatic imine (C=N–C) groups is 2. The van der Waals surface area contributed by atoms with Gasteiger partial charge in [0.2, 0.25) is 6.02 Å². The number of benzene rings is 1. The number of rotatable bonds is 3. The highest BCUT2D eigenvalue weighted by Gasteiger charge is 2.33. The van der Waals surface area contributed by atoms with E-state index in [9.17, 15) is 4.39 Å². The Morgan fingerprint density at radius 2 is 2.24 bits per heavy atom. The minimum atomic E-state index is -0.523. The van der Waals surface area contributed by atoms with E-state index >= 15 is 0 Å². The Balaban J connectivity index is 2.15. The van der Waals surface area contributed by atoms with E-state index < -0.39 is 5.82 Å². The molecular formula is C13H13BrClFN3O2-. The van der Waals surface area contributed by atoms with Crippen LogP contribution in [0.3, 0.4) is 0 Å². The lowest BCUT2D eigenvalue weighted by atomic mass is 9.89. The number of nitrogens with one attached hydrogen (secondary N) is 1. The Kier molecular flexibility index (Phi) is 5.18. The van der Waals surface area contributed by atoms with E-state index in [0.717, 1.165) is 0 Å². The summed E-state index contributed by atoms with van der Waals surface area (Å²) in [6, 6.07) is 3.75. The lowest BCUT2D eigenvalue weighted by molar-refractivity contribution is -0.0946. The lowest BCUT2D eigenvalue weighted by Gasteiger charge is -2.36. The van der Waals surface area contributed by atoms with Crippen LogP contribution in [0.25, 0.3) is 5.73 Å². The average Bonchev–Trinajstić information content (AvgIpc) is 2.31. The third kappa shape index (κ3) is 4.94. The number of halogens is 3. The summed E-state index contributed by atoms with van der Waals surface area (Å²) in [5.41, 5.74) is 7.28. The Morgan fingerprint density at radius 3 is 2.76 bits per heavy atom. The van der Waals surface area contributed by atoms with E-state index in [-0.39, 0.29) is 27.0 Å². The third-order valence-electron chi connectivity index (χ3n) is 2.74. The molecule has 1 fully saturated rings. The van der Waals surface area contributed by atoms with Gasteiger partial charge in [0.25, 0.3) is 0 Å². The van der Waals surface area contributed by atoms with Crippen LogP contribution in [0.1, 0.15) is 6.92 Å². The summed E-state index contributed by atoms with van der Waals surface area (Å²) in [4.78, 5) is 8.04. The first kappa shape index (κ1) is 16.2. The smallest absolute Gasteiger partial charge is 0.209 e. The lowest BCUT2D eigenvalue weighted by Crippen LogP contribution is -2.42. The van der Waals surface area contributed by atoms with Crippen molar-refractivity contribution in [3.63, 3.8) is 0 Å². The summed E-state index contributed by atoms with van der Waals surface area (Å²) in [6.07, 6.45) is 0. The zero-order valence-corrected chi connectivity index (χ0v) is 13.5. The Morgan fingerprint density at radius 1 is 1.52 bits per heavy atom. The predicted molar refractivity (Wildman–Crippen MR) is 83.9 cm³/mol. The highest BCUT2D eigenvalue weighted by Crippen LogP contribution is 2.27. The van der Waals surface area contributed by atoms with E-state index in [2.05, 4.69) is 25.9 Å². The van der Waals surface area contributed by atoms with Gasteiger partial charge in [-0.1, -0.05) is 34.5 Å². The fraction of sp³-hybridized carbons (Fsp3) is 0.385. The van der Waals surface area contributed by atoms with Crippen LogP contribution < -0.4 is 4.74 Å². The van der Waals surface area contributed by atoms with Crippen molar-refractivity contribution in [2.24, 2.45) is 15.4 Å². The Bertz CT molecular complexity index is 567. The van der Waals surface area contributed by atoms with E-state index in [1.165, 1.54) is 18.2 Å². The molecule has 0 aliphatic carbocycles. The minimum absolute atomic E-state index is 0.0355. The molecule has 0 aromatic heterocycles. The van der Waals surface area contributed by atoms with Gasteiger partial charge in [0.1, 0.15) is 11.6 Å². The molecule has 1 aliphatic rings. The molecule has 114 valence electrons. The van der Waals surface area contributed by atoms with Crippen LogP contribution in [0.2, 0.25) is 5.02 Å². The summed E-state index contributed by atoms with van der Waals surface area (Å²) in [5, 5.41) is 0.206. The second-order valence-electron chi connectivity index (χ2n) is 5.01. The molecule has 0 bridgehead atoms. The van der Waals surface area contributed by atoms with Crippen LogP contribution in [0.4, 0.5) is 4.39 Å². The van der Waals surface area contributed by atoms with Gasteiger partial charge < -0.3 is 20.2 Å². The van der Waals surface area contributed by atoms with Crippen molar-refractivity contribution < 1.29 is 13.9 Å². The summed E-state index contributed by atoms with van der Waals surface area (Å²) in [7, 11) is 0. The molecule has 1 N–H and O–H groups in total. The van der Waals surface area contributed by atoms with Gasteiger partial charge in [-0.3, -0.25) is 4.99 Å². The van der Waals surface area contributed by atoms with Crippen LogP contribution in [-0.4, -0.2) is 30.5 Å². The van der Waals surface area contributed by atoms with Crippen molar-refractivity contribution in [2.75, 3.05) is 19.8 Å². The quantitative estimate of drug-likeness (QED) is 0.453. The molecule has 1 aromatic rings. The van der Waals surface area contributed by atoms with Gasteiger partial charge >= 0.3 is 0 Å². The number of hydrogen-bond donors (Lipinski definition) is 0. The molecular weight excluding hydrogens is 365 g/mol. The van der Waals surface area contributed by atoms with Gasteiger partial charge in [-0.25, -0.2) is 4.39 Å². The molecule has 0 atom stereocenters. The zero-order chi connectivity index (χ0) is 15.5. The van der Waals surface area contributed by atoms with Crippen molar-refractivity contribution in [2.45, 2.75) is 6.92 Å². The molecule has 1 heterocycles. The molecule has 1 aliphatic heterocycles. The number of amidine groups is 2. The first-order valence-corrected chi connectivity index (χ1v) is 7.25. The fourth-order valence-electron chi connectivity index (χ4n) is 1.67. The van der Waals surface area contributed by atoms with Crippen LogP contribution in [-0.2, 0) is 4.74 Å². The summed E-state index contributed by atoms with van der Waals surface area (Å²) in [5.74, 6) is -0.351. The van der Waals surface area contributed by atoms with Crippen LogP contribution in [0, 0.1) is 11.2 Å². The van der Waals surface area contributed by atoms with Gasteiger partial charge in [0.05, 0.1) is 19.8 Å². The molecule has 1 aromatic carbocycles. The molecule has 0 unspecified atom stereocenters. The van der Waals surface area contributed by atoms with Crippen LogP contribution >= 0.6 is 27.5 Å². The second-order valence-corrected chi connectivity index (χ2v) is 6.20. The molecule has 0 radical (unpaired) electrons. The molecule has 0 spiro atoms. The standard InChI is InChI=1S/C13H13BrClFN3O2/c1-13(6-20-7-13)5-18-12(19-11(14)17)21-10-3-8(15)2-9(16)4-10/h2-4H,5-7H2,1H3,(H-,17,18,19)/q-1. The van der Waals surface area contributed by atoms with Crippen molar-refractivity contribution in [1.29, 1.82) is 0 Å². The maximum Gasteiger partial charge on any atom is 0.209 e. The average molecular weight is 378 g/mol. The number of ether oxygens (including phenoxy) is 2. The maximum atomic E-state index is 13.3. The largest absolute Gasteiger partial charge is 0.476 e. The van der Waals surface area contributed by atoms with Gasteiger partial charge in [-0.2, -0.15) is 0 Å². The predicted octanol–water partition coefficient (Wildman–Crippen LogP) is 4.05. The third-order valence-corrected chi connectivity index (χ3v) is 3.13. The highest BCUT2D eigenvalue weighted by molar-refractivity contribution is 9.18. The second kappa shape index (κ2) is 6.72. The van der Waals surface area contributed by atoms with Gasteiger partial charge in [-0.15, -0.1) is 0 Å². The number of hydrogen-bond acceptors (Lipinski definition) is 3. The monoisotopic (exact) mass is 376 g/mol. The SMILES string of the molecule is CC1(CN=C(/N=C(\[NH-])Br)Oc2cc(F)cc(Cl)c2)COC1.